The molecule has 0 bridgehead atoms. The molecule has 0 aliphatic heterocycles. The highest BCUT2D eigenvalue weighted by Gasteiger charge is 2.19. The van der Waals surface area contributed by atoms with Gasteiger partial charge < -0.3 is 15.7 Å². The van der Waals surface area contributed by atoms with E-state index in [9.17, 15) is 23.9 Å². The molecule has 0 radical (unpaired) electrons. The van der Waals surface area contributed by atoms with Crippen molar-refractivity contribution in [2.45, 2.75) is 17.1 Å². The fourth-order valence-electron chi connectivity index (χ4n) is 3.64. The van der Waals surface area contributed by atoms with Crippen LogP contribution in [0.3, 0.4) is 0 Å². The van der Waals surface area contributed by atoms with E-state index in [2.05, 4.69) is 26.6 Å². The molecule has 4 rings (SSSR count). The van der Waals surface area contributed by atoms with Crippen molar-refractivity contribution in [3.05, 3.63) is 100 Å². The fraction of sp³-hybridized carbons (Fsp3) is 0.0741. The Bertz CT molecular complexity index is 1490. The number of nitrogens with one attached hydrogen (secondary N) is 2. The maximum absolute atomic E-state index is 14.1. The topological polar surface area (TPSA) is 95.5 Å². The summed E-state index contributed by atoms with van der Waals surface area (Å²) in [5.74, 6) is -2.48. The van der Waals surface area contributed by atoms with Crippen LogP contribution in [0.25, 0.3) is 10.8 Å². The summed E-state index contributed by atoms with van der Waals surface area (Å²) in [6, 6.07) is 21.2. The maximum atomic E-state index is 14.1. The lowest BCUT2D eigenvalue weighted by atomic mass is 9.98. The molecular weight excluding hydrogens is 547 g/mol. The van der Waals surface area contributed by atoms with E-state index in [0.717, 1.165) is 4.90 Å². The zero-order valence-electron chi connectivity index (χ0n) is 18.9. The van der Waals surface area contributed by atoms with Crippen LogP contribution in [0.4, 0.5) is 15.8 Å². The van der Waals surface area contributed by atoms with Gasteiger partial charge in [0, 0.05) is 26.0 Å². The van der Waals surface area contributed by atoms with Crippen LogP contribution in [-0.2, 0) is 4.79 Å². The number of amides is 2. The monoisotopic (exact) mass is 566 g/mol. The molecule has 9 heteroatoms. The van der Waals surface area contributed by atoms with Gasteiger partial charge in [-0.2, -0.15) is 0 Å². The lowest BCUT2D eigenvalue weighted by Gasteiger charge is -2.14. The summed E-state index contributed by atoms with van der Waals surface area (Å²) >= 11 is 4.44. The van der Waals surface area contributed by atoms with E-state index in [1.807, 2.05) is 0 Å². The third-order valence-corrected chi connectivity index (χ3v) is 6.93. The van der Waals surface area contributed by atoms with E-state index in [1.54, 1.807) is 67.6 Å². The Hall–Kier alpha value is -3.69. The van der Waals surface area contributed by atoms with Gasteiger partial charge in [0.2, 0.25) is 5.91 Å². The first-order valence-corrected chi connectivity index (χ1v) is 12.5. The number of benzene rings is 4. The standard InChI is InChI=1S/C27H20BrFN2O4S/c1-15(25(32)31-23-12-11-17(28)13-22(23)29)36-19-8-4-7-18(14-19)30-26(33)20-9-2-5-16-6-3-10-21(24(16)20)27(34)35/h2-15H,1H3,(H,30,33)(H,31,32)(H,34,35). The number of anilines is 2. The minimum absolute atomic E-state index is 0.0459. The lowest BCUT2D eigenvalue weighted by Crippen LogP contribution is -2.23. The summed E-state index contributed by atoms with van der Waals surface area (Å²) in [5.41, 5.74) is 0.867. The molecule has 1 unspecified atom stereocenters. The molecule has 0 saturated carbocycles. The first-order valence-electron chi connectivity index (χ1n) is 10.8. The first kappa shape index (κ1) is 25.4. The molecule has 3 N–H and O–H groups in total. The smallest absolute Gasteiger partial charge is 0.336 e. The first-order chi connectivity index (χ1) is 17.2. The summed E-state index contributed by atoms with van der Waals surface area (Å²) in [6.07, 6.45) is 0. The van der Waals surface area contributed by atoms with Gasteiger partial charge in [0.25, 0.3) is 5.91 Å². The van der Waals surface area contributed by atoms with Crippen LogP contribution in [0.5, 0.6) is 0 Å². The average molecular weight is 567 g/mol. The van der Waals surface area contributed by atoms with Gasteiger partial charge in [-0.05, 0) is 60.8 Å². The van der Waals surface area contributed by atoms with Gasteiger partial charge in [-0.3, -0.25) is 9.59 Å². The Morgan fingerprint density at radius 2 is 1.61 bits per heavy atom. The van der Waals surface area contributed by atoms with Crippen molar-refractivity contribution < 1.29 is 23.9 Å². The second-order valence-corrected chi connectivity index (χ2v) is 10.2. The number of rotatable bonds is 7. The van der Waals surface area contributed by atoms with Crippen LogP contribution in [-0.4, -0.2) is 28.1 Å². The number of carbonyl (C=O) groups excluding carboxylic acids is 2. The fourth-order valence-corrected chi connectivity index (χ4v) is 4.90. The van der Waals surface area contributed by atoms with Crippen LogP contribution >= 0.6 is 27.7 Å². The highest BCUT2D eigenvalue weighted by Crippen LogP contribution is 2.29. The van der Waals surface area contributed by atoms with Gasteiger partial charge >= 0.3 is 5.97 Å². The van der Waals surface area contributed by atoms with Crippen molar-refractivity contribution in [3.8, 4) is 0 Å². The summed E-state index contributed by atoms with van der Waals surface area (Å²) in [5, 5.41) is 15.4. The highest BCUT2D eigenvalue weighted by atomic mass is 79.9. The summed E-state index contributed by atoms with van der Waals surface area (Å²) in [7, 11) is 0. The van der Waals surface area contributed by atoms with Crippen LogP contribution in [0.15, 0.2) is 88.2 Å². The molecule has 182 valence electrons. The number of carbonyl (C=O) groups is 3. The molecule has 4 aromatic rings. The molecule has 0 aliphatic rings. The number of hydrogen-bond donors (Lipinski definition) is 3. The molecule has 0 aromatic heterocycles. The van der Waals surface area contributed by atoms with Crippen LogP contribution in [0.1, 0.15) is 27.6 Å². The molecule has 0 fully saturated rings. The number of carboxylic acid groups (broad SMARTS) is 1. The number of hydrogen-bond acceptors (Lipinski definition) is 4. The van der Waals surface area contributed by atoms with Gasteiger partial charge in [-0.1, -0.05) is 46.3 Å². The minimum atomic E-state index is -1.12. The largest absolute Gasteiger partial charge is 0.478 e. The Balaban J connectivity index is 1.49. The molecular formula is C27H20BrFN2O4S. The molecule has 0 spiro atoms. The second kappa shape index (κ2) is 10.9. The third kappa shape index (κ3) is 5.75. The number of carboxylic acids is 1. The third-order valence-electron chi connectivity index (χ3n) is 5.34. The molecule has 36 heavy (non-hydrogen) atoms. The number of thioether (sulfide) groups is 1. The van der Waals surface area contributed by atoms with Gasteiger partial charge in [-0.15, -0.1) is 11.8 Å². The predicted molar refractivity (Wildman–Crippen MR) is 143 cm³/mol. The maximum Gasteiger partial charge on any atom is 0.336 e. The molecule has 0 saturated heterocycles. The van der Waals surface area contributed by atoms with Gasteiger partial charge in [0.1, 0.15) is 5.82 Å². The van der Waals surface area contributed by atoms with Crippen LogP contribution in [0, 0.1) is 5.82 Å². The van der Waals surface area contributed by atoms with Crippen molar-refractivity contribution in [3.63, 3.8) is 0 Å². The molecule has 4 aromatic carbocycles. The molecule has 1 atom stereocenters. The van der Waals surface area contributed by atoms with Crippen molar-refractivity contribution in [2.24, 2.45) is 0 Å². The number of halogens is 2. The van der Waals surface area contributed by atoms with Crippen molar-refractivity contribution in [1.29, 1.82) is 0 Å². The highest BCUT2D eigenvalue weighted by molar-refractivity contribution is 9.10. The lowest BCUT2D eigenvalue weighted by molar-refractivity contribution is -0.115. The molecule has 0 heterocycles. The second-order valence-electron chi connectivity index (χ2n) is 7.87. The van der Waals surface area contributed by atoms with Crippen molar-refractivity contribution in [2.75, 3.05) is 10.6 Å². The molecule has 2 amide bonds. The summed E-state index contributed by atoms with van der Waals surface area (Å²) in [4.78, 5) is 38.1. The summed E-state index contributed by atoms with van der Waals surface area (Å²) in [6.45, 7) is 1.70. The van der Waals surface area contributed by atoms with E-state index >= 15 is 0 Å². The Morgan fingerprint density at radius 1 is 0.917 bits per heavy atom. The number of aromatic carboxylic acids is 1. The predicted octanol–water partition coefficient (Wildman–Crippen LogP) is 6.81. The Kier molecular flexibility index (Phi) is 7.71. The van der Waals surface area contributed by atoms with Crippen LogP contribution < -0.4 is 10.6 Å². The van der Waals surface area contributed by atoms with Crippen molar-refractivity contribution in [1.82, 2.24) is 0 Å². The van der Waals surface area contributed by atoms with E-state index in [1.165, 1.54) is 30.0 Å². The SMILES string of the molecule is CC(Sc1cccc(NC(=O)c2cccc3cccc(C(=O)O)c23)c1)C(=O)Nc1ccc(Br)cc1F. The van der Waals surface area contributed by atoms with Gasteiger partial charge in [0.15, 0.2) is 0 Å². The van der Waals surface area contributed by atoms with Crippen molar-refractivity contribution >= 4 is 67.6 Å². The van der Waals surface area contributed by atoms with Gasteiger partial charge in [0.05, 0.1) is 16.5 Å². The number of fused-ring (bicyclic) bond motifs is 1. The minimum Gasteiger partial charge on any atom is -0.478 e. The normalized spacial score (nSPS) is 11.6. The van der Waals surface area contributed by atoms with E-state index in [-0.39, 0.29) is 22.7 Å². The molecule has 0 aliphatic carbocycles. The van der Waals surface area contributed by atoms with E-state index < -0.39 is 22.9 Å². The zero-order chi connectivity index (χ0) is 25.8. The Morgan fingerprint density at radius 3 is 2.31 bits per heavy atom. The summed E-state index contributed by atoms with van der Waals surface area (Å²) < 4.78 is 14.6. The van der Waals surface area contributed by atoms with E-state index in [0.29, 0.717) is 20.9 Å². The van der Waals surface area contributed by atoms with Gasteiger partial charge in [-0.25, -0.2) is 9.18 Å². The molecule has 6 nitrogen and oxygen atoms in total. The van der Waals surface area contributed by atoms with E-state index in [4.69, 9.17) is 0 Å². The quantitative estimate of drug-likeness (QED) is 0.213. The van der Waals surface area contributed by atoms with Crippen LogP contribution in [0.2, 0.25) is 0 Å². The average Bonchev–Trinajstić information content (AvgIpc) is 2.85. The Labute approximate surface area is 219 Å². The zero-order valence-corrected chi connectivity index (χ0v) is 21.3.